The molecular formula is C13H15N5S. The second-order valence-electron chi connectivity index (χ2n) is 4.24. The van der Waals surface area contributed by atoms with E-state index >= 15 is 0 Å². The molecule has 0 aliphatic carbocycles. The molecule has 3 aromatic rings. The third-order valence-corrected chi connectivity index (χ3v) is 3.77. The van der Waals surface area contributed by atoms with Crippen LogP contribution in [0.3, 0.4) is 0 Å². The minimum atomic E-state index is 0.464. The molecule has 98 valence electrons. The number of rotatable bonds is 4. The summed E-state index contributed by atoms with van der Waals surface area (Å²) < 4.78 is 4.05. The quantitative estimate of drug-likeness (QED) is 0.741. The Morgan fingerprint density at radius 2 is 2.21 bits per heavy atom. The zero-order valence-corrected chi connectivity index (χ0v) is 11.5. The molecule has 3 rings (SSSR count). The fourth-order valence-corrected chi connectivity index (χ4v) is 2.74. The summed E-state index contributed by atoms with van der Waals surface area (Å²) in [5.74, 6) is 1.42. The monoisotopic (exact) mass is 273 g/mol. The van der Waals surface area contributed by atoms with E-state index in [0.29, 0.717) is 12.5 Å². The van der Waals surface area contributed by atoms with E-state index in [4.69, 9.17) is 5.73 Å². The van der Waals surface area contributed by atoms with Crippen LogP contribution in [0, 0.1) is 0 Å². The Morgan fingerprint density at radius 3 is 3.00 bits per heavy atom. The van der Waals surface area contributed by atoms with Gasteiger partial charge in [0.1, 0.15) is 0 Å². The molecule has 0 atom stereocenters. The van der Waals surface area contributed by atoms with Gasteiger partial charge in [0.05, 0.1) is 6.54 Å². The fraction of sp³-hybridized carbons (Fsp3) is 0.231. The zero-order valence-electron chi connectivity index (χ0n) is 10.7. The van der Waals surface area contributed by atoms with E-state index in [1.54, 1.807) is 11.8 Å². The number of thioether (sulfide) groups is 1. The van der Waals surface area contributed by atoms with Crippen LogP contribution in [0.5, 0.6) is 0 Å². The van der Waals surface area contributed by atoms with Crippen LogP contribution in [-0.4, -0.2) is 24.9 Å². The molecule has 0 aromatic carbocycles. The van der Waals surface area contributed by atoms with Gasteiger partial charge >= 0.3 is 0 Å². The predicted molar refractivity (Wildman–Crippen MR) is 77.3 cm³/mol. The lowest BCUT2D eigenvalue weighted by atomic mass is 10.3. The second-order valence-corrected chi connectivity index (χ2v) is 5.47. The van der Waals surface area contributed by atoms with Gasteiger partial charge in [-0.1, -0.05) is 24.8 Å². The number of hydrogen-bond acceptors (Lipinski definition) is 4. The van der Waals surface area contributed by atoms with Crippen molar-refractivity contribution in [3.05, 3.63) is 42.2 Å². The molecule has 2 N–H and O–H groups in total. The lowest BCUT2D eigenvalue weighted by molar-refractivity contribution is 0.717. The molecular weight excluding hydrogens is 258 g/mol. The van der Waals surface area contributed by atoms with E-state index in [1.165, 1.54) is 11.1 Å². The van der Waals surface area contributed by atoms with Gasteiger partial charge in [-0.15, -0.1) is 10.2 Å². The van der Waals surface area contributed by atoms with Gasteiger partial charge in [-0.2, -0.15) is 0 Å². The van der Waals surface area contributed by atoms with Gasteiger partial charge in [0.25, 0.3) is 0 Å². The molecule has 0 amide bonds. The minimum absolute atomic E-state index is 0.464. The number of nitrogens with two attached hydrogens (primary N) is 1. The molecule has 0 unspecified atom stereocenters. The Morgan fingerprint density at radius 1 is 1.32 bits per heavy atom. The minimum Gasteiger partial charge on any atom is -0.368 e. The van der Waals surface area contributed by atoms with Crippen molar-refractivity contribution >= 4 is 23.2 Å². The van der Waals surface area contributed by atoms with Gasteiger partial charge < -0.3 is 10.1 Å². The molecule has 0 saturated heterocycles. The van der Waals surface area contributed by atoms with E-state index in [1.807, 2.05) is 22.9 Å². The predicted octanol–water partition coefficient (Wildman–Crippen LogP) is 2.27. The summed E-state index contributed by atoms with van der Waals surface area (Å²) in [5, 5.41) is 8.92. The summed E-state index contributed by atoms with van der Waals surface area (Å²) in [4.78, 5) is 0. The molecule has 0 aliphatic heterocycles. The van der Waals surface area contributed by atoms with E-state index < -0.39 is 0 Å². The highest BCUT2D eigenvalue weighted by Gasteiger charge is 2.10. The lowest BCUT2D eigenvalue weighted by Crippen LogP contribution is -2.05. The number of fused-ring (bicyclic) bond motifs is 1. The molecule has 3 heterocycles. The maximum Gasteiger partial charge on any atom is 0.223 e. The van der Waals surface area contributed by atoms with Crippen LogP contribution >= 0.6 is 11.8 Å². The van der Waals surface area contributed by atoms with Gasteiger partial charge in [-0.25, -0.2) is 0 Å². The van der Waals surface area contributed by atoms with Crippen molar-refractivity contribution in [2.24, 2.45) is 0 Å². The first-order chi connectivity index (χ1) is 9.28. The first-order valence-corrected chi connectivity index (χ1v) is 7.13. The molecule has 19 heavy (non-hydrogen) atoms. The summed E-state index contributed by atoms with van der Waals surface area (Å²) in [7, 11) is 0. The molecule has 0 spiro atoms. The van der Waals surface area contributed by atoms with E-state index in [-0.39, 0.29) is 0 Å². The lowest BCUT2D eigenvalue weighted by Gasteiger charge is -2.05. The maximum atomic E-state index is 5.88. The van der Waals surface area contributed by atoms with Crippen LogP contribution in [-0.2, 0) is 6.54 Å². The van der Waals surface area contributed by atoms with Gasteiger partial charge in [0.15, 0.2) is 5.16 Å². The largest absolute Gasteiger partial charge is 0.368 e. The SMILES string of the molecule is CCSc1nnc(N)n1Cc1cc2ccccn2c1. The van der Waals surface area contributed by atoms with E-state index in [9.17, 15) is 0 Å². The maximum absolute atomic E-state index is 5.88. The van der Waals surface area contributed by atoms with Crippen molar-refractivity contribution in [3.8, 4) is 0 Å². The number of aromatic nitrogens is 4. The number of pyridine rings is 1. The van der Waals surface area contributed by atoms with Gasteiger partial charge in [0, 0.05) is 17.9 Å². The highest BCUT2D eigenvalue weighted by atomic mass is 32.2. The van der Waals surface area contributed by atoms with Crippen molar-refractivity contribution in [2.45, 2.75) is 18.6 Å². The average molecular weight is 273 g/mol. The highest BCUT2D eigenvalue weighted by molar-refractivity contribution is 7.99. The standard InChI is InChI=1S/C13H15N5S/c1-2-19-13-16-15-12(14)18(13)9-10-7-11-5-3-4-6-17(11)8-10/h3-8H,2,9H2,1H3,(H2,14,15). The smallest absolute Gasteiger partial charge is 0.223 e. The molecule has 5 nitrogen and oxygen atoms in total. The normalized spacial score (nSPS) is 11.2. The van der Waals surface area contributed by atoms with Crippen LogP contribution in [0.25, 0.3) is 5.52 Å². The summed E-state index contributed by atoms with van der Waals surface area (Å²) >= 11 is 1.65. The average Bonchev–Trinajstić information content (AvgIpc) is 2.96. The fourth-order valence-electron chi connectivity index (χ4n) is 2.07. The summed E-state index contributed by atoms with van der Waals surface area (Å²) in [6, 6.07) is 8.29. The Kier molecular flexibility index (Phi) is 3.16. The number of anilines is 1. The molecule has 0 fully saturated rings. The number of hydrogen-bond donors (Lipinski definition) is 1. The van der Waals surface area contributed by atoms with Gasteiger partial charge in [-0.05, 0) is 29.5 Å². The van der Waals surface area contributed by atoms with Crippen molar-refractivity contribution < 1.29 is 0 Å². The molecule has 0 saturated carbocycles. The van der Waals surface area contributed by atoms with Crippen molar-refractivity contribution in [2.75, 3.05) is 11.5 Å². The molecule has 0 radical (unpaired) electrons. The third-order valence-electron chi connectivity index (χ3n) is 2.92. The Bertz CT molecular complexity index is 667. The third kappa shape index (κ3) is 2.31. The Hall–Kier alpha value is -1.95. The molecule has 0 bridgehead atoms. The van der Waals surface area contributed by atoms with Gasteiger partial charge in [-0.3, -0.25) is 4.57 Å². The van der Waals surface area contributed by atoms with Crippen molar-refractivity contribution in [1.82, 2.24) is 19.2 Å². The van der Waals surface area contributed by atoms with Crippen LogP contribution in [0.2, 0.25) is 0 Å². The van der Waals surface area contributed by atoms with Crippen LogP contribution in [0.1, 0.15) is 12.5 Å². The highest BCUT2D eigenvalue weighted by Crippen LogP contribution is 2.20. The van der Waals surface area contributed by atoms with E-state index in [2.05, 4.69) is 39.9 Å². The first kappa shape index (κ1) is 12.1. The zero-order chi connectivity index (χ0) is 13.2. The van der Waals surface area contributed by atoms with Crippen LogP contribution in [0.4, 0.5) is 5.95 Å². The summed E-state index contributed by atoms with van der Waals surface area (Å²) in [5.41, 5.74) is 8.25. The summed E-state index contributed by atoms with van der Waals surface area (Å²) in [6.45, 7) is 2.79. The Balaban J connectivity index is 1.94. The molecule has 0 aliphatic rings. The van der Waals surface area contributed by atoms with Crippen LogP contribution < -0.4 is 5.73 Å². The van der Waals surface area contributed by atoms with Crippen molar-refractivity contribution in [1.29, 1.82) is 0 Å². The molecule has 3 aromatic heterocycles. The van der Waals surface area contributed by atoms with E-state index in [0.717, 1.165) is 10.9 Å². The van der Waals surface area contributed by atoms with Gasteiger partial charge in [0.2, 0.25) is 5.95 Å². The van der Waals surface area contributed by atoms with Crippen LogP contribution in [0.15, 0.2) is 41.8 Å². The first-order valence-electron chi connectivity index (χ1n) is 6.15. The van der Waals surface area contributed by atoms with Crippen molar-refractivity contribution in [3.63, 3.8) is 0 Å². The second kappa shape index (κ2) is 4.97. The summed E-state index contributed by atoms with van der Waals surface area (Å²) in [6.07, 6.45) is 4.14. The molecule has 6 heteroatoms. The number of nitrogen functional groups attached to an aromatic ring is 1. The topological polar surface area (TPSA) is 61.1 Å². The number of nitrogens with zero attached hydrogens (tertiary/aromatic N) is 4. The Labute approximate surface area is 115 Å².